The average molecular weight is 298 g/mol. The van der Waals surface area contributed by atoms with E-state index in [1.54, 1.807) is 6.08 Å². The van der Waals surface area contributed by atoms with Crippen LogP contribution in [0.5, 0.6) is 0 Å². The van der Waals surface area contributed by atoms with Crippen molar-refractivity contribution in [2.75, 3.05) is 19.8 Å². The maximum atomic E-state index is 11.9. The standard InChI is InChI=1S/C15H26N2O4/c1-2-3-10-21-11-9-16-14(20)17-15(12-13(18)19)7-5-4-6-8-15/h2H,1,3-12H2,(H,18,19)(H2,16,17,20). The molecule has 0 aromatic heterocycles. The second-order valence-corrected chi connectivity index (χ2v) is 5.48. The molecule has 0 radical (unpaired) electrons. The average Bonchev–Trinajstić information content (AvgIpc) is 2.42. The van der Waals surface area contributed by atoms with Crippen LogP contribution in [0.4, 0.5) is 4.79 Å². The van der Waals surface area contributed by atoms with Crippen molar-refractivity contribution in [3.63, 3.8) is 0 Å². The van der Waals surface area contributed by atoms with E-state index in [9.17, 15) is 9.59 Å². The van der Waals surface area contributed by atoms with Crippen molar-refractivity contribution in [2.45, 2.75) is 50.5 Å². The third kappa shape index (κ3) is 7.13. The molecule has 0 atom stereocenters. The molecular formula is C15H26N2O4. The summed E-state index contributed by atoms with van der Waals surface area (Å²) in [6.45, 7) is 5.03. The van der Waals surface area contributed by atoms with Gasteiger partial charge in [-0.3, -0.25) is 4.79 Å². The normalized spacial score (nSPS) is 17.0. The molecule has 1 fully saturated rings. The Hall–Kier alpha value is -1.56. The minimum atomic E-state index is -0.870. The Morgan fingerprint density at radius 2 is 1.95 bits per heavy atom. The minimum absolute atomic E-state index is 0.0176. The van der Waals surface area contributed by atoms with Crippen LogP contribution in [0, 0.1) is 0 Å². The molecule has 1 aliphatic carbocycles. The number of ether oxygens (including phenoxy) is 1. The number of carbonyl (C=O) groups is 2. The number of urea groups is 1. The number of hydrogen-bond acceptors (Lipinski definition) is 3. The molecule has 21 heavy (non-hydrogen) atoms. The molecule has 0 unspecified atom stereocenters. The molecule has 0 aromatic rings. The summed E-state index contributed by atoms with van der Waals surface area (Å²) in [7, 11) is 0. The van der Waals surface area contributed by atoms with E-state index in [2.05, 4.69) is 17.2 Å². The quantitative estimate of drug-likeness (QED) is 0.449. The maximum absolute atomic E-state index is 11.9. The summed E-state index contributed by atoms with van der Waals surface area (Å²) in [4.78, 5) is 22.9. The topological polar surface area (TPSA) is 87.7 Å². The summed E-state index contributed by atoms with van der Waals surface area (Å²) in [5.41, 5.74) is -0.599. The zero-order valence-electron chi connectivity index (χ0n) is 12.5. The van der Waals surface area contributed by atoms with Gasteiger partial charge in [0.2, 0.25) is 0 Å². The number of carbonyl (C=O) groups excluding carboxylic acids is 1. The summed E-state index contributed by atoms with van der Waals surface area (Å²) in [5, 5.41) is 14.6. The Labute approximate surface area is 125 Å². The van der Waals surface area contributed by atoms with Crippen LogP contribution in [-0.4, -0.2) is 42.4 Å². The summed E-state index contributed by atoms with van der Waals surface area (Å²) in [6.07, 6.45) is 7.01. The van der Waals surface area contributed by atoms with Gasteiger partial charge in [-0.1, -0.05) is 25.3 Å². The third-order valence-corrected chi connectivity index (χ3v) is 3.68. The highest BCUT2D eigenvalue weighted by Crippen LogP contribution is 2.31. The Kier molecular flexibility index (Phi) is 7.82. The summed E-state index contributed by atoms with van der Waals surface area (Å²) >= 11 is 0. The molecule has 0 bridgehead atoms. The van der Waals surface area contributed by atoms with Gasteiger partial charge in [0, 0.05) is 6.54 Å². The Morgan fingerprint density at radius 3 is 2.57 bits per heavy atom. The molecule has 0 spiro atoms. The van der Waals surface area contributed by atoms with Crippen molar-refractivity contribution in [3.05, 3.63) is 12.7 Å². The highest BCUT2D eigenvalue weighted by atomic mass is 16.5. The van der Waals surface area contributed by atoms with E-state index < -0.39 is 11.5 Å². The molecule has 120 valence electrons. The van der Waals surface area contributed by atoms with Gasteiger partial charge in [0.05, 0.1) is 25.2 Å². The van der Waals surface area contributed by atoms with Crippen LogP contribution < -0.4 is 10.6 Å². The third-order valence-electron chi connectivity index (χ3n) is 3.68. The van der Waals surface area contributed by atoms with E-state index in [4.69, 9.17) is 9.84 Å². The number of rotatable bonds is 9. The lowest BCUT2D eigenvalue weighted by Gasteiger charge is -2.36. The van der Waals surface area contributed by atoms with Crippen molar-refractivity contribution >= 4 is 12.0 Å². The fourth-order valence-electron chi connectivity index (χ4n) is 2.65. The zero-order chi connectivity index (χ0) is 15.6. The first-order chi connectivity index (χ1) is 10.1. The van der Waals surface area contributed by atoms with Crippen molar-refractivity contribution in [3.8, 4) is 0 Å². The number of nitrogens with one attached hydrogen (secondary N) is 2. The summed E-state index contributed by atoms with van der Waals surface area (Å²) in [5.74, 6) is -0.870. The van der Waals surface area contributed by atoms with Crippen LogP contribution >= 0.6 is 0 Å². The monoisotopic (exact) mass is 298 g/mol. The van der Waals surface area contributed by atoms with Gasteiger partial charge >= 0.3 is 12.0 Å². The zero-order valence-corrected chi connectivity index (χ0v) is 12.5. The van der Waals surface area contributed by atoms with Crippen LogP contribution in [0.25, 0.3) is 0 Å². The maximum Gasteiger partial charge on any atom is 0.315 e. The van der Waals surface area contributed by atoms with Gasteiger partial charge in [0.25, 0.3) is 0 Å². The van der Waals surface area contributed by atoms with Crippen molar-refractivity contribution in [1.29, 1.82) is 0 Å². The number of aliphatic carboxylic acids is 1. The first kappa shape index (κ1) is 17.5. The molecule has 2 amide bonds. The van der Waals surface area contributed by atoms with E-state index >= 15 is 0 Å². The predicted molar refractivity (Wildman–Crippen MR) is 80.2 cm³/mol. The second kappa shape index (κ2) is 9.39. The summed E-state index contributed by atoms with van der Waals surface area (Å²) in [6, 6.07) is -0.314. The van der Waals surface area contributed by atoms with E-state index in [1.165, 1.54) is 0 Å². The second-order valence-electron chi connectivity index (χ2n) is 5.48. The van der Waals surface area contributed by atoms with E-state index in [1.807, 2.05) is 0 Å². The largest absolute Gasteiger partial charge is 0.481 e. The summed E-state index contributed by atoms with van der Waals surface area (Å²) < 4.78 is 5.30. The van der Waals surface area contributed by atoms with Crippen molar-refractivity contribution in [2.24, 2.45) is 0 Å². The van der Waals surface area contributed by atoms with E-state index in [-0.39, 0.29) is 12.5 Å². The highest BCUT2D eigenvalue weighted by molar-refractivity contribution is 5.76. The Morgan fingerprint density at radius 1 is 1.24 bits per heavy atom. The number of carboxylic acids is 1. The minimum Gasteiger partial charge on any atom is -0.481 e. The van der Waals surface area contributed by atoms with Gasteiger partial charge in [-0.15, -0.1) is 6.58 Å². The van der Waals surface area contributed by atoms with Gasteiger partial charge in [0.15, 0.2) is 0 Å². The van der Waals surface area contributed by atoms with Crippen LogP contribution in [0.1, 0.15) is 44.9 Å². The van der Waals surface area contributed by atoms with Crippen LogP contribution in [0.15, 0.2) is 12.7 Å². The molecule has 1 saturated carbocycles. The first-order valence-corrected chi connectivity index (χ1v) is 7.54. The predicted octanol–water partition coefficient (Wildman–Crippen LogP) is 2.06. The molecule has 3 N–H and O–H groups in total. The fraction of sp³-hybridized carbons (Fsp3) is 0.733. The SMILES string of the molecule is C=CCCOCCNC(=O)NC1(CC(=O)O)CCCCC1. The highest BCUT2D eigenvalue weighted by Gasteiger charge is 2.35. The Balaban J connectivity index is 2.31. The Bertz CT molecular complexity index is 352. The number of hydrogen-bond donors (Lipinski definition) is 3. The fourth-order valence-corrected chi connectivity index (χ4v) is 2.65. The molecule has 0 saturated heterocycles. The van der Waals surface area contributed by atoms with Gasteiger partial charge in [-0.25, -0.2) is 4.79 Å². The molecule has 0 aromatic carbocycles. The lowest BCUT2D eigenvalue weighted by molar-refractivity contribution is -0.139. The van der Waals surface area contributed by atoms with Crippen molar-refractivity contribution in [1.82, 2.24) is 10.6 Å². The first-order valence-electron chi connectivity index (χ1n) is 7.54. The molecular weight excluding hydrogens is 272 g/mol. The van der Waals surface area contributed by atoms with E-state index in [0.717, 1.165) is 38.5 Å². The van der Waals surface area contributed by atoms with Gasteiger partial charge in [-0.05, 0) is 19.3 Å². The number of amides is 2. The molecule has 6 heteroatoms. The molecule has 6 nitrogen and oxygen atoms in total. The van der Waals surface area contributed by atoms with Crippen LogP contribution in [0.3, 0.4) is 0 Å². The van der Waals surface area contributed by atoms with Crippen LogP contribution in [-0.2, 0) is 9.53 Å². The number of carboxylic acid groups (broad SMARTS) is 1. The van der Waals surface area contributed by atoms with E-state index in [0.29, 0.717) is 19.8 Å². The van der Waals surface area contributed by atoms with Gasteiger partial charge in [-0.2, -0.15) is 0 Å². The van der Waals surface area contributed by atoms with Crippen LogP contribution in [0.2, 0.25) is 0 Å². The molecule has 0 aliphatic heterocycles. The molecule has 0 heterocycles. The van der Waals surface area contributed by atoms with Crippen molar-refractivity contribution < 1.29 is 19.4 Å². The smallest absolute Gasteiger partial charge is 0.315 e. The lowest BCUT2D eigenvalue weighted by atomic mass is 9.79. The molecule has 1 rings (SSSR count). The molecule has 1 aliphatic rings. The van der Waals surface area contributed by atoms with Gasteiger partial charge < -0.3 is 20.5 Å². The van der Waals surface area contributed by atoms with Gasteiger partial charge in [0.1, 0.15) is 0 Å². The lowest BCUT2D eigenvalue weighted by Crippen LogP contribution is -2.54.